The van der Waals surface area contributed by atoms with Crippen LogP contribution < -0.4 is 4.74 Å². The van der Waals surface area contributed by atoms with E-state index < -0.39 is 4.92 Å². The number of nitro groups is 1. The third-order valence-electron chi connectivity index (χ3n) is 2.15. The summed E-state index contributed by atoms with van der Waals surface area (Å²) in [5.74, 6) is 0.470. The standard InChI is InChI=1S/C12H7N3O3/c13-7-9-3-4-12(11(6-9)15(16)17)18-10-2-1-5-14-8-10/h1-6,8H. The smallest absolute Gasteiger partial charge is 0.312 e. The van der Waals surface area contributed by atoms with Crippen molar-refractivity contribution in [2.75, 3.05) is 0 Å². The summed E-state index contributed by atoms with van der Waals surface area (Å²) in [6, 6.07) is 9.15. The summed E-state index contributed by atoms with van der Waals surface area (Å²) < 4.78 is 5.36. The normalized spacial score (nSPS) is 9.50. The summed E-state index contributed by atoms with van der Waals surface area (Å²) >= 11 is 0. The molecule has 0 atom stereocenters. The van der Waals surface area contributed by atoms with Crippen LogP contribution >= 0.6 is 0 Å². The number of nitro benzene ring substituents is 1. The van der Waals surface area contributed by atoms with Gasteiger partial charge >= 0.3 is 5.69 Å². The largest absolute Gasteiger partial charge is 0.449 e. The van der Waals surface area contributed by atoms with E-state index in [1.165, 1.54) is 24.4 Å². The Bertz CT molecular complexity index is 620. The lowest BCUT2D eigenvalue weighted by atomic mass is 10.2. The van der Waals surface area contributed by atoms with Gasteiger partial charge in [-0.2, -0.15) is 5.26 Å². The lowest BCUT2D eigenvalue weighted by Crippen LogP contribution is -1.94. The van der Waals surface area contributed by atoms with Crippen molar-refractivity contribution < 1.29 is 9.66 Å². The summed E-state index contributed by atoms with van der Waals surface area (Å²) in [6.45, 7) is 0. The molecule has 0 aliphatic heterocycles. The molecule has 0 bridgehead atoms. The van der Waals surface area contributed by atoms with Gasteiger partial charge in [0.25, 0.3) is 0 Å². The van der Waals surface area contributed by atoms with E-state index >= 15 is 0 Å². The average molecular weight is 241 g/mol. The molecule has 1 heterocycles. The molecule has 0 aliphatic carbocycles. The van der Waals surface area contributed by atoms with Gasteiger partial charge in [-0.05, 0) is 24.3 Å². The molecule has 6 nitrogen and oxygen atoms in total. The monoisotopic (exact) mass is 241 g/mol. The number of benzene rings is 1. The zero-order valence-corrected chi connectivity index (χ0v) is 9.11. The number of hydrogen-bond donors (Lipinski definition) is 0. The number of pyridine rings is 1. The quantitative estimate of drug-likeness (QED) is 0.608. The molecule has 0 amide bonds. The van der Waals surface area contributed by atoms with E-state index in [2.05, 4.69) is 4.98 Å². The van der Waals surface area contributed by atoms with Crippen LogP contribution in [-0.2, 0) is 0 Å². The molecule has 0 fully saturated rings. The summed E-state index contributed by atoms with van der Waals surface area (Å²) in [5, 5.41) is 19.6. The predicted octanol–water partition coefficient (Wildman–Crippen LogP) is 2.65. The van der Waals surface area contributed by atoms with Gasteiger partial charge in [-0.25, -0.2) is 0 Å². The molecule has 0 aliphatic rings. The maximum Gasteiger partial charge on any atom is 0.312 e. The minimum Gasteiger partial charge on any atom is -0.449 e. The minimum atomic E-state index is -0.591. The molecular formula is C12H7N3O3. The van der Waals surface area contributed by atoms with E-state index in [4.69, 9.17) is 10.00 Å². The van der Waals surface area contributed by atoms with Gasteiger partial charge in [-0.1, -0.05) is 0 Å². The molecule has 2 aromatic rings. The second kappa shape index (κ2) is 4.93. The maximum atomic E-state index is 10.9. The third-order valence-corrected chi connectivity index (χ3v) is 2.15. The predicted molar refractivity (Wildman–Crippen MR) is 62.1 cm³/mol. The second-order valence-electron chi connectivity index (χ2n) is 3.34. The van der Waals surface area contributed by atoms with Gasteiger partial charge in [0.15, 0.2) is 0 Å². The number of hydrogen-bond acceptors (Lipinski definition) is 5. The van der Waals surface area contributed by atoms with Crippen molar-refractivity contribution in [3.8, 4) is 17.6 Å². The van der Waals surface area contributed by atoms with Crippen LogP contribution in [0.2, 0.25) is 0 Å². The van der Waals surface area contributed by atoms with Crippen LogP contribution in [0.1, 0.15) is 5.56 Å². The first-order chi connectivity index (χ1) is 8.70. The molecule has 1 aromatic heterocycles. The molecule has 0 unspecified atom stereocenters. The van der Waals surface area contributed by atoms with Gasteiger partial charge in [0.05, 0.1) is 22.8 Å². The molecule has 0 saturated carbocycles. The summed E-state index contributed by atoms with van der Waals surface area (Å²) in [5.41, 5.74) is -0.0434. The zero-order chi connectivity index (χ0) is 13.0. The Labute approximate surface area is 102 Å². The molecule has 2 rings (SSSR count). The Hall–Kier alpha value is -2.94. The van der Waals surface area contributed by atoms with Gasteiger partial charge in [0, 0.05) is 12.3 Å². The minimum absolute atomic E-state index is 0.0759. The Balaban J connectivity index is 2.39. The summed E-state index contributed by atoms with van der Waals surface area (Å²) in [4.78, 5) is 14.1. The second-order valence-corrected chi connectivity index (χ2v) is 3.34. The first-order valence-corrected chi connectivity index (χ1v) is 4.97. The van der Waals surface area contributed by atoms with Crippen LogP contribution in [0.25, 0.3) is 0 Å². The van der Waals surface area contributed by atoms with Crippen molar-refractivity contribution in [3.05, 3.63) is 58.4 Å². The van der Waals surface area contributed by atoms with Crippen molar-refractivity contribution in [2.45, 2.75) is 0 Å². The van der Waals surface area contributed by atoms with Gasteiger partial charge in [0.1, 0.15) is 5.75 Å². The first-order valence-electron chi connectivity index (χ1n) is 4.97. The van der Waals surface area contributed by atoms with Crippen molar-refractivity contribution in [2.24, 2.45) is 0 Å². The van der Waals surface area contributed by atoms with Crippen molar-refractivity contribution >= 4 is 5.69 Å². The molecule has 6 heteroatoms. The van der Waals surface area contributed by atoms with E-state index in [9.17, 15) is 10.1 Å². The van der Waals surface area contributed by atoms with Crippen molar-refractivity contribution in [3.63, 3.8) is 0 Å². The van der Waals surface area contributed by atoms with E-state index in [0.29, 0.717) is 5.75 Å². The Kier molecular flexibility index (Phi) is 3.16. The van der Waals surface area contributed by atoms with Gasteiger partial charge < -0.3 is 4.74 Å². The zero-order valence-electron chi connectivity index (χ0n) is 9.11. The van der Waals surface area contributed by atoms with Crippen LogP contribution in [0.5, 0.6) is 11.5 Å². The lowest BCUT2D eigenvalue weighted by molar-refractivity contribution is -0.385. The Morgan fingerprint density at radius 2 is 2.22 bits per heavy atom. The number of nitriles is 1. The fourth-order valence-electron chi connectivity index (χ4n) is 1.35. The molecule has 18 heavy (non-hydrogen) atoms. The molecular weight excluding hydrogens is 234 g/mol. The molecule has 0 spiro atoms. The van der Waals surface area contributed by atoms with Crippen LogP contribution in [0.4, 0.5) is 5.69 Å². The fourth-order valence-corrected chi connectivity index (χ4v) is 1.35. The highest BCUT2D eigenvalue weighted by atomic mass is 16.6. The molecule has 0 saturated heterocycles. The van der Waals surface area contributed by atoms with E-state index in [1.807, 2.05) is 6.07 Å². The van der Waals surface area contributed by atoms with Gasteiger partial charge in [-0.15, -0.1) is 0 Å². The topological polar surface area (TPSA) is 89.0 Å². The Morgan fingerprint density at radius 1 is 1.39 bits per heavy atom. The summed E-state index contributed by atoms with van der Waals surface area (Å²) in [7, 11) is 0. The van der Waals surface area contributed by atoms with Gasteiger partial charge in [0.2, 0.25) is 5.75 Å². The van der Waals surface area contributed by atoms with Gasteiger partial charge in [-0.3, -0.25) is 15.1 Å². The van der Waals surface area contributed by atoms with Crippen LogP contribution in [-0.4, -0.2) is 9.91 Å². The highest BCUT2D eigenvalue weighted by Gasteiger charge is 2.16. The number of ether oxygens (including phenoxy) is 1. The first kappa shape index (κ1) is 11.5. The van der Waals surface area contributed by atoms with E-state index in [-0.39, 0.29) is 17.0 Å². The molecule has 88 valence electrons. The van der Waals surface area contributed by atoms with Crippen molar-refractivity contribution in [1.82, 2.24) is 4.98 Å². The average Bonchev–Trinajstić information content (AvgIpc) is 2.40. The number of aromatic nitrogens is 1. The molecule has 1 aromatic carbocycles. The van der Waals surface area contributed by atoms with Crippen molar-refractivity contribution in [1.29, 1.82) is 5.26 Å². The SMILES string of the molecule is N#Cc1ccc(Oc2cccnc2)c([N+](=O)[O-])c1. The highest BCUT2D eigenvalue weighted by molar-refractivity contribution is 5.52. The van der Waals surface area contributed by atoms with Crippen LogP contribution in [0.3, 0.4) is 0 Å². The van der Waals surface area contributed by atoms with E-state index in [0.717, 1.165) is 0 Å². The van der Waals surface area contributed by atoms with Crippen LogP contribution in [0, 0.1) is 21.4 Å². The maximum absolute atomic E-state index is 10.9. The fraction of sp³-hybridized carbons (Fsp3) is 0. The number of nitrogens with zero attached hydrogens (tertiary/aromatic N) is 3. The summed E-state index contributed by atoms with van der Waals surface area (Å²) in [6.07, 6.45) is 3.02. The third kappa shape index (κ3) is 2.41. The lowest BCUT2D eigenvalue weighted by Gasteiger charge is -2.05. The van der Waals surface area contributed by atoms with Crippen LogP contribution in [0.15, 0.2) is 42.7 Å². The highest BCUT2D eigenvalue weighted by Crippen LogP contribution is 2.31. The molecule has 0 radical (unpaired) electrons. The molecule has 0 N–H and O–H groups in total. The van der Waals surface area contributed by atoms with E-state index in [1.54, 1.807) is 18.3 Å². The number of rotatable bonds is 3. The Morgan fingerprint density at radius 3 is 2.83 bits per heavy atom.